The molecule has 0 bridgehead atoms. The predicted octanol–water partition coefficient (Wildman–Crippen LogP) is 2.06. The molecule has 0 aliphatic carbocycles. The fraction of sp³-hybridized carbons (Fsp3) is 0.333. The molecule has 28 heavy (non-hydrogen) atoms. The Labute approximate surface area is 166 Å². The zero-order chi connectivity index (χ0) is 20.4. The molecule has 0 unspecified atom stereocenters. The van der Waals surface area contributed by atoms with Gasteiger partial charge in [0.2, 0.25) is 5.91 Å². The van der Waals surface area contributed by atoms with Crippen LogP contribution in [0, 0.1) is 0 Å². The fourth-order valence-electron chi connectivity index (χ4n) is 2.62. The molecule has 1 amide bonds. The molecule has 7 heteroatoms. The van der Waals surface area contributed by atoms with Gasteiger partial charge in [0.15, 0.2) is 5.96 Å². The number of likely N-dealkylation sites (N-methyl/N-ethyl adjacent to an activating group) is 1. The summed E-state index contributed by atoms with van der Waals surface area (Å²) in [6.07, 6.45) is 0. The second-order valence-electron chi connectivity index (χ2n) is 6.62. The highest BCUT2D eigenvalue weighted by molar-refractivity contribution is 5.92. The molecular weight excluding hydrogens is 354 g/mol. The number of guanidine groups is 1. The monoisotopic (exact) mass is 383 g/mol. The van der Waals surface area contributed by atoms with E-state index in [1.165, 1.54) is 0 Å². The van der Waals surface area contributed by atoms with Gasteiger partial charge in [-0.3, -0.25) is 9.79 Å². The van der Waals surface area contributed by atoms with Gasteiger partial charge >= 0.3 is 0 Å². The zero-order valence-corrected chi connectivity index (χ0v) is 17.0. The van der Waals surface area contributed by atoms with Crippen molar-refractivity contribution in [2.45, 2.75) is 13.1 Å². The van der Waals surface area contributed by atoms with Gasteiger partial charge in [0.1, 0.15) is 5.75 Å². The number of aliphatic imine (C=N–C) groups is 1. The van der Waals surface area contributed by atoms with Crippen LogP contribution in [0.1, 0.15) is 11.1 Å². The van der Waals surface area contributed by atoms with Crippen LogP contribution in [0.15, 0.2) is 53.5 Å². The van der Waals surface area contributed by atoms with E-state index in [-0.39, 0.29) is 5.91 Å². The number of benzene rings is 2. The normalized spacial score (nSPS) is 11.2. The molecule has 0 saturated carbocycles. The highest BCUT2D eigenvalue weighted by Gasteiger charge is 2.05. The number of methoxy groups -OCH3 is 1. The molecule has 150 valence electrons. The lowest BCUT2D eigenvalue weighted by Gasteiger charge is -2.14. The summed E-state index contributed by atoms with van der Waals surface area (Å²) < 4.78 is 5.25. The van der Waals surface area contributed by atoms with E-state index in [0.29, 0.717) is 25.6 Å². The summed E-state index contributed by atoms with van der Waals surface area (Å²) in [5.74, 6) is 1.49. The number of anilines is 1. The first-order valence-electron chi connectivity index (χ1n) is 9.11. The van der Waals surface area contributed by atoms with Crippen molar-refractivity contribution in [3.8, 4) is 5.75 Å². The molecular formula is C21H29N5O2. The number of hydrogen-bond donors (Lipinski definition) is 3. The average molecular weight is 383 g/mol. The number of carbonyl (C=O) groups excluding carboxylic acids is 1. The Bertz CT molecular complexity index is 805. The third-order valence-corrected chi connectivity index (χ3v) is 3.95. The van der Waals surface area contributed by atoms with Crippen molar-refractivity contribution in [2.24, 2.45) is 4.99 Å². The Hall–Kier alpha value is -3.06. The third-order valence-electron chi connectivity index (χ3n) is 3.95. The summed E-state index contributed by atoms with van der Waals surface area (Å²) in [7, 11) is 7.12. The standard InChI is InChI=1S/C21H29N5O2/c1-22-21(24-14-17-8-6-10-19(12-17)28-4)23-13-16-7-5-9-18(11-16)25-20(27)15-26(2)3/h5-12H,13-15H2,1-4H3,(H,25,27)(H2,22,23,24). The molecule has 0 aliphatic heterocycles. The van der Waals surface area contributed by atoms with Crippen LogP contribution in [-0.4, -0.2) is 51.6 Å². The zero-order valence-electron chi connectivity index (χ0n) is 17.0. The van der Waals surface area contributed by atoms with E-state index in [0.717, 1.165) is 22.6 Å². The Balaban J connectivity index is 1.87. The van der Waals surface area contributed by atoms with Crippen LogP contribution in [-0.2, 0) is 17.9 Å². The molecule has 2 aromatic rings. The lowest BCUT2D eigenvalue weighted by molar-refractivity contribution is -0.116. The summed E-state index contributed by atoms with van der Waals surface area (Å²) in [5, 5.41) is 9.47. The van der Waals surface area contributed by atoms with Crippen molar-refractivity contribution in [2.75, 3.05) is 40.1 Å². The molecule has 0 aromatic heterocycles. The number of carbonyl (C=O) groups is 1. The highest BCUT2D eigenvalue weighted by atomic mass is 16.5. The number of ether oxygens (including phenoxy) is 1. The van der Waals surface area contributed by atoms with Crippen molar-refractivity contribution in [3.05, 3.63) is 59.7 Å². The molecule has 0 atom stereocenters. The number of rotatable bonds is 8. The molecule has 0 fully saturated rings. The van der Waals surface area contributed by atoms with E-state index >= 15 is 0 Å². The van der Waals surface area contributed by atoms with Gasteiger partial charge in [0.25, 0.3) is 0 Å². The highest BCUT2D eigenvalue weighted by Crippen LogP contribution is 2.12. The van der Waals surface area contributed by atoms with Gasteiger partial charge in [0.05, 0.1) is 13.7 Å². The fourth-order valence-corrected chi connectivity index (χ4v) is 2.62. The minimum Gasteiger partial charge on any atom is -0.497 e. The van der Waals surface area contributed by atoms with Crippen LogP contribution in [0.3, 0.4) is 0 Å². The Morgan fingerprint density at radius 2 is 1.68 bits per heavy atom. The smallest absolute Gasteiger partial charge is 0.238 e. The number of nitrogens with one attached hydrogen (secondary N) is 3. The lowest BCUT2D eigenvalue weighted by Crippen LogP contribution is -2.36. The topological polar surface area (TPSA) is 78.0 Å². The van der Waals surface area contributed by atoms with Crippen molar-refractivity contribution in [3.63, 3.8) is 0 Å². The van der Waals surface area contributed by atoms with E-state index in [4.69, 9.17) is 4.74 Å². The van der Waals surface area contributed by atoms with Gasteiger partial charge in [-0.05, 0) is 49.5 Å². The van der Waals surface area contributed by atoms with Gasteiger partial charge in [-0.1, -0.05) is 24.3 Å². The van der Waals surface area contributed by atoms with Gasteiger partial charge in [-0.25, -0.2) is 0 Å². The maximum atomic E-state index is 11.9. The number of hydrogen-bond acceptors (Lipinski definition) is 4. The molecule has 0 radical (unpaired) electrons. The molecule has 0 aliphatic rings. The Morgan fingerprint density at radius 1 is 1.04 bits per heavy atom. The molecule has 0 spiro atoms. The minimum absolute atomic E-state index is 0.0362. The first-order valence-corrected chi connectivity index (χ1v) is 9.11. The van der Waals surface area contributed by atoms with E-state index < -0.39 is 0 Å². The summed E-state index contributed by atoms with van der Waals surface area (Å²) in [5.41, 5.74) is 2.94. The second-order valence-corrected chi connectivity index (χ2v) is 6.62. The van der Waals surface area contributed by atoms with Crippen LogP contribution in [0.25, 0.3) is 0 Å². The lowest BCUT2D eigenvalue weighted by atomic mass is 10.2. The van der Waals surface area contributed by atoms with Crippen LogP contribution in [0.4, 0.5) is 5.69 Å². The summed E-state index contributed by atoms with van der Waals surface area (Å²) >= 11 is 0. The maximum Gasteiger partial charge on any atom is 0.238 e. The SMILES string of the molecule is CN=C(NCc1cccc(NC(=O)CN(C)C)c1)NCc1cccc(OC)c1. The molecule has 2 rings (SSSR count). The summed E-state index contributed by atoms with van der Waals surface area (Å²) in [4.78, 5) is 18.0. The maximum absolute atomic E-state index is 11.9. The van der Waals surface area contributed by atoms with Crippen LogP contribution in [0.5, 0.6) is 5.75 Å². The van der Waals surface area contributed by atoms with Crippen LogP contribution in [0.2, 0.25) is 0 Å². The third kappa shape index (κ3) is 7.28. The second kappa shape index (κ2) is 10.9. The van der Waals surface area contributed by atoms with Crippen molar-refractivity contribution >= 4 is 17.6 Å². The quantitative estimate of drug-likeness (QED) is 0.480. The van der Waals surface area contributed by atoms with Crippen molar-refractivity contribution in [1.82, 2.24) is 15.5 Å². The molecule has 7 nitrogen and oxygen atoms in total. The molecule has 2 aromatic carbocycles. The molecule has 0 saturated heterocycles. The van der Waals surface area contributed by atoms with Crippen molar-refractivity contribution < 1.29 is 9.53 Å². The molecule has 3 N–H and O–H groups in total. The average Bonchev–Trinajstić information content (AvgIpc) is 2.68. The van der Waals surface area contributed by atoms with E-state index in [1.54, 1.807) is 14.2 Å². The van der Waals surface area contributed by atoms with Crippen LogP contribution < -0.4 is 20.7 Å². The van der Waals surface area contributed by atoms with Gasteiger partial charge in [-0.15, -0.1) is 0 Å². The van der Waals surface area contributed by atoms with Gasteiger partial charge < -0.3 is 25.6 Å². The largest absolute Gasteiger partial charge is 0.497 e. The number of nitrogens with zero attached hydrogens (tertiary/aromatic N) is 2. The first kappa shape index (κ1) is 21.2. The van der Waals surface area contributed by atoms with E-state index in [2.05, 4.69) is 20.9 Å². The minimum atomic E-state index is -0.0362. The predicted molar refractivity (Wildman–Crippen MR) is 114 cm³/mol. The molecule has 0 heterocycles. The van der Waals surface area contributed by atoms with Crippen LogP contribution >= 0.6 is 0 Å². The summed E-state index contributed by atoms with van der Waals surface area (Å²) in [6, 6.07) is 15.7. The van der Waals surface area contributed by atoms with Crippen molar-refractivity contribution in [1.29, 1.82) is 0 Å². The van der Waals surface area contributed by atoms with E-state index in [1.807, 2.05) is 67.5 Å². The Kier molecular flexibility index (Phi) is 8.30. The number of amides is 1. The van der Waals surface area contributed by atoms with Gasteiger partial charge in [-0.2, -0.15) is 0 Å². The first-order chi connectivity index (χ1) is 13.5. The van der Waals surface area contributed by atoms with Gasteiger partial charge in [0, 0.05) is 25.8 Å². The van der Waals surface area contributed by atoms with E-state index in [9.17, 15) is 4.79 Å². The Morgan fingerprint density at radius 3 is 2.29 bits per heavy atom. The summed E-state index contributed by atoms with van der Waals surface area (Å²) in [6.45, 7) is 1.58.